The lowest BCUT2D eigenvalue weighted by Gasteiger charge is -2.32. The summed E-state index contributed by atoms with van der Waals surface area (Å²) in [5, 5.41) is 12.3. The van der Waals surface area contributed by atoms with Crippen molar-refractivity contribution in [3.8, 4) is 5.75 Å². The Bertz CT molecular complexity index is 1280. The van der Waals surface area contributed by atoms with Gasteiger partial charge in [-0.2, -0.15) is 0 Å². The predicted octanol–water partition coefficient (Wildman–Crippen LogP) is 2.92. The fourth-order valence-corrected chi connectivity index (χ4v) is 5.96. The molecule has 4 N–H and O–H groups in total. The summed E-state index contributed by atoms with van der Waals surface area (Å²) in [6.45, 7) is 6.77. The molecule has 2 aliphatic rings. The molecule has 2 fully saturated rings. The van der Waals surface area contributed by atoms with Crippen LogP contribution in [0.25, 0.3) is 0 Å². The number of likely N-dealkylation sites (tertiary alicyclic amines) is 2. The van der Waals surface area contributed by atoms with Crippen LogP contribution in [0.3, 0.4) is 0 Å². The molecule has 2 heterocycles. The molecule has 10 nitrogen and oxygen atoms in total. The van der Waals surface area contributed by atoms with Gasteiger partial charge in [-0.1, -0.05) is 42.5 Å². The van der Waals surface area contributed by atoms with E-state index in [0.717, 1.165) is 16.9 Å². The minimum absolute atomic E-state index is 0.226. The van der Waals surface area contributed by atoms with Gasteiger partial charge in [0, 0.05) is 19.1 Å². The molecule has 0 aliphatic carbocycles. The van der Waals surface area contributed by atoms with Crippen LogP contribution in [0.15, 0.2) is 54.6 Å². The molecular weight excluding hydrogens is 548 g/mol. The smallest absolute Gasteiger partial charge is 0.305 e. The molecule has 0 spiro atoms. The zero-order chi connectivity index (χ0) is 31.1. The number of nitrogens with one attached hydrogen (secondary N) is 1. The number of carbonyl (C=O) groups is 4. The highest BCUT2D eigenvalue weighted by atomic mass is 16.5. The molecule has 2 aromatic carbocycles. The van der Waals surface area contributed by atoms with Gasteiger partial charge in [0.1, 0.15) is 23.4 Å². The number of carboxylic acids is 1. The van der Waals surface area contributed by atoms with E-state index >= 15 is 0 Å². The van der Waals surface area contributed by atoms with Crippen LogP contribution < -0.4 is 15.8 Å². The number of nitrogens with zero attached hydrogens (tertiary/aromatic N) is 2. The first-order chi connectivity index (χ1) is 20.4. The number of aliphatic carboxylic acids is 1. The Balaban J connectivity index is 1.38. The molecule has 2 aromatic rings. The van der Waals surface area contributed by atoms with Crippen molar-refractivity contribution in [1.29, 1.82) is 0 Å². The average molecular weight is 593 g/mol. The molecule has 0 radical (unpaired) electrons. The fourth-order valence-electron chi connectivity index (χ4n) is 5.96. The molecule has 10 heteroatoms. The second kappa shape index (κ2) is 14.0. The third-order valence-corrected chi connectivity index (χ3v) is 7.87. The van der Waals surface area contributed by atoms with Gasteiger partial charge >= 0.3 is 5.97 Å². The highest BCUT2D eigenvalue weighted by Gasteiger charge is 2.43. The summed E-state index contributed by atoms with van der Waals surface area (Å²) in [4.78, 5) is 55.2. The maximum Gasteiger partial charge on any atom is 0.305 e. The van der Waals surface area contributed by atoms with Crippen LogP contribution >= 0.6 is 0 Å². The lowest BCUT2D eigenvalue weighted by Crippen LogP contribution is -2.56. The van der Waals surface area contributed by atoms with Crippen LogP contribution in [0.5, 0.6) is 5.75 Å². The summed E-state index contributed by atoms with van der Waals surface area (Å²) in [5.74, 6) is -1.17. The maximum absolute atomic E-state index is 13.8. The highest BCUT2D eigenvalue weighted by molar-refractivity contribution is 5.94. The Morgan fingerprint density at radius 3 is 2.14 bits per heavy atom. The van der Waals surface area contributed by atoms with Crippen molar-refractivity contribution in [2.75, 3.05) is 13.1 Å². The van der Waals surface area contributed by atoms with Crippen LogP contribution in [0.1, 0.15) is 64.0 Å². The molecule has 0 bridgehead atoms. The van der Waals surface area contributed by atoms with Gasteiger partial charge in [0.15, 0.2) is 0 Å². The standard InChI is InChI=1S/C33H44N4O6/c1-33(2,3)43-25-15-13-23(14-16-25)20-26(34)31(41)37-18-8-12-28(37)32(42)36-17-7-11-27(36)30(40)35-24(21-29(38)39)19-22-9-5-4-6-10-22/h4-6,9-10,13-16,24,26-28H,7-8,11-12,17-21,34H2,1-3H3,(H,35,40)(H,38,39)/t24-,26-,27-,28-/m0/s1. The number of benzene rings is 2. The first-order valence-electron chi connectivity index (χ1n) is 15.1. The van der Waals surface area contributed by atoms with Crippen LogP contribution in [-0.2, 0) is 32.0 Å². The zero-order valence-electron chi connectivity index (χ0n) is 25.3. The number of hydrogen-bond acceptors (Lipinski definition) is 6. The Labute approximate surface area is 253 Å². The van der Waals surface area contributed by atoms with Crippen molar-refractivity contribution in [1.82, 2.24) is 15.1 Å². The second-order valence-electron chi connectivity index (χ2n) is 12.5. The van der Waals surface area contributed by atoms with Gasteiger partial charge in [-0.25, -0.2) is 0 Å². The van der Waals surface area contributed by atoms with E-state index in [9.17, 15) is 24.3 Å². The molecular formula is C33H44N4O6. The zero-order valence-corrected chi connectivity index (χ0v) is 25.3. The summed E-state index contributed by atoms with van der Waals surface area (Å²) in [7, 11) is 0. The monoisotopic (exact) mass is 592 g/mol. The topological polar surface area (TPSA) is 142 Å². The normalized spacial score (nSPS) is 20.0. The number of carbonyl (C=O) groups excluding carboxylic acids is 3. The number of nitrogens with two attached hydrogens (primary N) is 1. The Morgan fingerprint density at radius 1 is 0.907 bits per heavy atom. The first kappa shape index (κ1) is 32.0. The van der Waals surface area contributed by atoms with Gasteiger partial charge in [0.05, 0.1) is 12.5 Å². The van der Waals surface area contributed by atoms with Crippen LogP contribution in [-0.4, -0.2) is 81.5 Å². The van der Waals surface area contributed by atoms with Gasteiger partial charge in [-0.05, 0) is 82.6 Å². The van der Waals surface area contributed by atoms with Crippen molar-refractivity contribution in [2.45, 2.75) is 95.5 Å². The van der Waals surface area contributed by atoms with E-state index < -0.39 is 30.1 Å². The summed E-state index contributed by atoms with van der Waals surface area (Å²) < 4.78 is 5.87. The van der Waals surface area contributed by atoms with Gasteiger partial charge in [0.2, 0.25) is 17.7 Å². The molecule has 0 saturated carbocycles. The van der Waals surface area contributed by atoms with Crippen LogP contribution in [0, 0.1) is 0 Å². The van der Waals surface area contributed by atoms with E-state index in [1.54, 1.807) is 9.80 Å². The van der Waals surface area contributed by atoms with Crippen molar-refractivity contribution in [3.05, 3.63) is 65.7 Å². The van der Waals surface area contributed by atoms with E-state index in [1.807, 2.05) is 75.4 Å². The van der Waals surface area contributed by atoms with E-state index in [-0.39, 0.29) is 29.7 Å². The Kier molecular flexibility index (Phi) is 10.4. The Morgan fingerprint density at radius 2 is 1.51 bits per heavy atom. The van der Waals surface area contributed by atoms with Gasteiger partial charge < -0.3 is 30.7 Å². The summed E-state index contributed by atoms with van der Waals surface area (Å²) in [6, 6.07) is 14.1. The predicted molar refractivity (Wildman–Crippen MR) is 162 cm³/mol. The molecule has 4 rings (SSSR count). The van der Waals surface area contributed by atoms with Gasteiger partial charge in [-0.3, -0.25) is 19.2 Å². The van der Waals surface area contributed by atoms with Crippen molar-refractivity contribution < 1.29 is 29.0 Å². The number of hydrogen-bond donors (Lipinski definition) is 3. The first-order valence-corrected chi connectivity index (χ1v) is 15.1. The van der Waals surface area contributed by atoms with Crippen molar-refractivity contribution in [2.24, 2.45) is 5.73 Å². The molecule has 2 aliphatic heterocycles. The van der Waals surface area contributed by atoms with Crippen molar-refractivity contribution >= 4 is 23.7 Å². The maximum atomic E-state index is 13.8. The van der Waals surface area contributed by atoms with Gasteiger partial charge in [0.25, 0.3) is 0 Å². The molecule has 2 saturated heterocycles. The van der Waals surface area contributed by atoms with Crippen LogP contribution in [0.2, 0.25) is 0 Å². The third-order valence-electron chi connectivity index (χ3n) is 7.87. The molecule has 232 valence electrons. The molecule has 0 unspecified atom stereocenters. The van der Waals surface area contributed by atoms with Crippen LogP contribution in [0.4, 0.5) is 0 Å². The summed E-state index contributed by atoms with van der Waals surface area (Å²) in [5.41, 5.74) is 7.85. The summed E-state index contributed by atoms with van der Waals surface area (Å²) in [6.07, 6.45) is 2.80. The third kappa shape index (κ3) is 8.79. The van der Waals surface area contributed by atoms with E-state index in [1.165, 1.54) is 0 Å². The molecule has 3 amide bonds. The molecule has 43 heavy (non-hydrogen) atoms. The van der Waals surface area contributed by atoms with E-state index in [0.29, 0.717) is 51.6 Å². The average Bonchev–Trinajstić information content (AvgIpc) is 3.63. The number of carboxylic acid groups (broad SMARTS) is 1. The minimum atomic E-state index is -1.01. The second-order valence-corrected chi connectivity index (χ2v) is 12.5. The quantitative estimate of drug-likeness (QED) is 0.364. The van der Waals surface area contributed by atoms with Gasteiger partial charge in [-0.15, -0.1) is 0 Å². The van der Waals surface area contributed by atoms with E-state index in [4.69, 9.17) is 10.5 Å². The summed E-state index contributed by atoms with van der Waals surface area (Å²) >= 11 is 0. The SMILES string of the molecule is CC(C)(C)Oc1ccc(C[C@H](N)C(=O)N2CCC[C@H]2C(=O)N2CCC[C@H]2C(=O)N[C@H](CC(=O)O)Cc2ccccc2)cc1. The number of amides is 3. The fraction of sp³-hybridized carbons (Fsp3) is 0.515. The Hall–Kier alpha value is -3.92. The molecule has 4 atom stereocenters. The van der Waals surface area contributed by atoms with E-state index in [2.05, 4.69) is 5.32 Å². The van der Waals surface area contributed by atoms with Crippen molar-refractivity contribution in [3.63, 3.8) is 0 Å². The number of rotatable bonds is 11. The molecule has 0 aromatic heterocycles. The largest absolute Gasteiger partial charge is 0.488 e. The lowest BCUT2D eigenvalue weighted by molar-refractivity contribution is -0.147. The highest BCUT2D eigenvalue weighted by Crippen LogP contribution is 2.26. The number of ether oxygens (including phenoxy) is 1. The lowest BCUT2D eigenvalue weighted by atomic mass is 10.0. The minimum Gasteiger partial charge on any atom is -0.488 e.